The summed E-state index contributed by atoms with van der Waals surface area (Å²) in [4.78, 5) is 5.08. The maximum absolute atomic E-state index is 6.50. The Morgan fingerprint density at radius 3 is 1.81 bits per heavy atom. The van der Waals surface area contributed by atoms with Gasteiger partial charge in [0.15, 0.2) is 0 Å². The van der Waals surface area contributed by atoms with Gasteiger partial charge in [0, 0.05) is 11.5 Å². The first-order valence-corrected chi connectivity index (χ1v) is 11.4. The first-order valence-electron chi connectivity index (χ1n) is 11.4. The van der Waals surface area contributed by atoms with Gasteiger partial charge in [0.1, 0.15) is 0 Å². The zero-order chi connectivity index (χ0) is 22.6. The summed E-state index contributed by atoms with van der Waals surface area (Å²) >= 11 is 0. The van der Waals surface area contributed by atoms with Crippen molar-refractivity contribution < 1.29 is 9.31 Å². The van der Waals surface area contributed by atoms with Gasteiger partial charge in [0.2, 0.25) is 0 Å². The summed E-state index contributed by atoms with van der Waals surface area (Å²) in [5.74, 6) is 0.0342. The summed E-state index contributed by atoms with van der Waals surface area (Å²) in [7, 11) is -0.340. The van der Waals surface area contributed by atoms with Crippen LogP contribution < -0.4 is 0 Å². The minimum atomic E-state index is -0.376. The van der Waals surface area contributed by atoms with E-state index in [1.165, 1.54) is 11.1 Å². The van der Waals surface area contributed by atoms with Crippen molar-refractivity contribution in [3.05, 3.63) is 108 Å². The van der Waals surface area contributed by atoms with Crippen molar-refractivity contribution in [2.45, 2.75) is 57.7 Å². The molecule has 4 rings (SSSR count). The van der Waals surface area contributed by atoms with Crippen LogP contribution in [-0.2, 0) is 15.9 Å². The highest BCUT2D eigenvalue weighted by molar-refractivity contribution is 6.48. The molecule has 4 heteroatoms. The summed E-state index contributed by atoms with van der Waals surface area (Å²) in [6, 6.07) is 31.4. The molecule has 0 bridgehead atoms. The van der Waals surface area contributed by atoms with Gasteiger partial charge in [-0.1, -0.05) is 91.0 Å². The molecule has 0 unspecified atom stereocenters. The van der Waals surface area contributed by atoms with Crippen LogP contribution in [0.2, 0.25) is 0 Å². The molecular weight excluding hydrogens is 393 g/mol. The molecule has 164 valence electrons. The number of hydrogen-bond acceptors (Lipinski definition) is 3. The lowest BCUT2D eigenvalue weighted by Gasteiger charge is -2.32. The molecule has 0 saturated carbocycles. The van der Waals surface area contributed by atoms with E-state index in [4.69, 9.17) is 14.3 Å². The summed E-state index contributed by atoms with van der Waals surface area (Å²) in [6.07, 6.45) is 0.734. The molecule has 3 nitrogen and oxygen atoms in total. The van der Waals surface area contributed by atoms with E-state index >= 15 is 0 Å². The van der Waals surface area contributed by atoms with Gasteiger partial charge in [-0.05, 0) is 50.8 Å². The first kappa shape index (κ1) is 22.5. The molecule has 0 spiro atoms. The summed E-state index contributed by atoms with van der Waals surface area (Å²) in [6.45, 7) is 9.08. The second-order valence-corrected chi connectivity index (χ2v) is 9.46. The van der Waals surface area contributed by atoms with Crippen LogP contribution in [0.5, 0.6) is 0 Å². The Kier molecular flexibility index (Phi) is 6.64. The zero-order valence-electron chi connectivity index (χ0n) is 19.5. The smallest absolute Gasteiger partial charge is 0.403 e. The summed E-state index contributed by atoms with van der Waals surface area (Å²) in [5.41, 5.74) is 3.86. The van der Waals surface area contributed by atoms with Gasteiger partial charge < -0.3 is 9.31 Å². The summed E-state index contributed by atoms with van der Waals surface area (Å²) in [5, 5.41) is 0. The van der Waals surface area contributed by atoms with Crippen molar-refractivity contribution in [2.24, 2.45) is 4.99 Å². The van der Waals surface area contributed by atoms with Crippen LogP contribution in [-0.4, -0.2) is 24.0 Å². The highest BCUT2D eigenvalue weighted by atomic mass is 16.7. The minimum absolute atomic E-state index is 0.0342. The molecule has 0 radical (unpaired) electrons. The normalized spacial score (nSPS) is 18.5. The van der Waals surface area contributed by atoms with Crippen LogP contribution in [0.15, 0.2) is 96.0 Å². The van der Waals surface area contributed by atoms with E-state index in [0.29, 0.717) is 6.54 Å². The maximum Gasteiger partial charge on any atom is 0.466 e. The fourth-order valence-corrected chi connectivity index (χ4v) is 4.01. The Morgan fingerprint density at radius 2 is 1.25 bits per heavy atom. The Morgan fingerprint density at radius 1 is 0.750 bits per heavy atom. The number of benzene rings is 3. The number of aliphatic imine (C=N–C) groups is 1. The van der Waals surface area contributed by atoms with Gasteiger partial charge >= 0.3 is 7.12 Å². The van der Waals surface area contributed by atoms with Gasteiger partial charge in [0.05, 0.1) is 17.7 Å². The van der Waals surface area contributed by atoms with Crippen LogP contribution in [0.25, 0.3) is 0 Å². The Labute approximate surface area is 192 Å². The van der Waals surface area contributed by atoms with Crippen LogP contribution in [0.4, 0.5) is 0 Å². The van der Waals surface area contributed by atoms with Crippen LogP contribution in [0.1, 0.15) is 56.6 Å². The fraction of sp³-hybridized carbons (Fsp3) is 0.321. The van der Waals surface area contributed by atoms with E-state index in [9.17, 15) is 0 Å². The van der Waals surface area contributed by atoms with Gasteiger partial charge in [0.25, 0.3) is 0 Å². The van der Waals surface area contributed by atoms with Crippen molar-refractivity contribution in [1.29, 1.82) is 0 Å². The standard InChI is InChI=1S/C28H32BNO2/c1-27(2)28(3,4)32-29(31-27)25(23-16-10-6-11-17-23)20-26(24-18-12-7-13-19-24)30-21-22-14-8-5-9-15-22/h5-19,25H,20-21H2,1-4H3/t25-/m1/s1. The van der Waals surface area contributed by atoms with Gasteiger partial charge in [-0.3, -0.25) is 4.99 Å². The van der Waals surface area contributed by atoms with Gasteiger partial charge in [-0.25, -0.2) is 0 Å². The van der Waals surface area contributed by atoms with Crippen molar-refractivity contribution in [3.8, 4) is 0 Å². The average Bonchev–Trinajstić information content (AvgIpc) is 3.02. The molecule has 3 aromatic rings. The largest absolute Gasteiger partial charge is 0.466 e. The molecule has 3 aromatic carbocycles. The molecule has 0 aromatic heterocycles. The van der Waals surface area contributed by atoms with E-state index in [0.717, 1.165) is 17.7 Å². The van der Waals surface area contributed by atoms with Crippen molar-refractivity contribution in [2.75, 3.05) is 0 Å². The fourth-order valence-electron chi connectivity index (χ4n) is 4.01. The molecule has 1 aliphatic heterocycles. The first-order chi connectivity index (χ1) is 15.4. The highest BCUT2D eigenvalue weighted by Gasteiger charge is 2.54. The monoisotopic (exact) mass is 425 g/mol. The molecule has 1 fully saturated rings. The van der Waals surface area contributed by atoms with E-state index < -0.39 is 0 Å². The van der Waals surface area contributed by atoms with Gasteiger partial charge in [-0.15, -0.1) is 0 Å². The number of hydrogen-bond donors (Lipinski definition) is 0. The second-order valence-electron chi connectivity index (χ2n) is 9.46. The Balaban J connectivity index is 1.69. The van der Waals surface area contributed by atoms with E-state index in [-0.39, 0.29) is 24.1 Å². The van der Waals surface area contributed by atoms with Crippen molar-refractivity contribution >= 4 is 12.8 Å². The highest BCUT2D eigenvalue weighted by Crippen LogP contribution is 2.42. The third-order valence-corrected chi connectivity index (χ3v) is 6.64. The molecule has 1 heterocycles. The number of nitrogens with zero attached hydrogens (tertiary/aromatic N) is 1. The van der Waals surface area contributed by atoms with Crippen molar-refractivity contribution in [3.63, 3.8) is 0 Å². The van der Waals surface area contributed by atoms with Crippen LogP contribution in [0.3, 0.4) is 0 Å². The van der Waals surface area contributed by atoms with Crippen LogP contribution >= 0.6 is 0 Å². The lowest BCUT2D eigenvalue weighted by molar-refractivity contribution is 0.00578. The molecule has 1 saturated heterocycles. The van der Waals surface area contributed by atoms with E-state index in [2.05, 4.69) is 100 Å². The lowest BCUT2D eigenvalue weighted by atomic mass is 9.65. The predicted octanol–water partition coefficient (Wildman–Crippen LogP) is 6.48. The molecule has 0 aliphatic carbocycles. The Hall–Kier alpha value is -2.69. The molecular formula is C28H32BNO2. The van der Waals surface area contributed by atoms with Gasteiger partial charge in [-0.2, -0.15) is 0 Å². The SMILES string of the molecule is CC1(C)OB([C@H](CC(=NCc2ccccc2)c2ccccc2)c2ccccc2)OC1(C)C. The van der Waals surface area contributed by atoms with Crippen molar-refractivity contribution in [1.82, 2.24) is 0 Å². The average molecular weight is 425 g/mol. The maximum atomic E-state index is 6.50. The minimum Gasteiger partial charge on any atom is -0.403 e. The number of rotatable bonds is 7. The zero-order valence-corrected chi connectivity index (χ0v) is 19.5. The topological polar surface area (TPSA) is 30.8 Å². The summed E-state index contributed by atoms with van der Waals surface area (Å²) < 4.78 is 13.0. The lowest BCUT2D eigenvalue weighted by Crippen LogP contribution is -2.41. The predicted molar refractivity (Wildman–Crippen MR) is 133 cm³/mol. The Bertz CT molecular complexity index is 1020. The molecule has 1 atom stereocenters. The van der Waals surface area contributed by atoms with E-state index in [1.54, 1.807) is 0 Å². The second kappa shape index (κ2) is 9.44. The van der Waals surface area contributed by atoms with E-state index in [1.807, 2.05) is 18.2 Å². The molecule has 32 heavy (non-hydrogen) atoms. The third-order valence-electron chi connectivity index (χ3n) is 6.64. The quantitative estimate of drug-likeness (QED) is 0.320. The van der Waals surface area contributed by atoms with Crippen LogP contribution in [0, 0.1) is 0 Å². The molecule has 1 aliphatic rings. The molecule has 0 N–H and O–H groups in total. The third kappa shape index (κ3) is 5.03. The molecule has 0 amide bonds.